The van der Waals surface area contributed by atoms with Crippen LogP contribution >= 0.6 is 0 Å². The number of ketones is 1. The molecule has 0 saturated carbocycles. The molecule has 3 rings (SSSR count). The summed E-state index contributed by atoms with van der Waals surface area (Å²) in [6.45, 7) is 0. The van der Waals surface area contributed by atoms with Crippen molar-refractivity contribution in [2.75, 3.05) is 0 Å². The Hall–Kier alpha value is -3.19. The molecular formula is C17H16N4O3. The summed E-state index contributed by atoms with van der Waals surface area (Å²) < 4.78 is 0. The second-order valence-corrected chi connectivity index (χ2v) is 5.27. The zero-order valence-corrected chi connectivity index (χ0v) is 12.7. The number of rotatable bonds is 4. The van der Waals surface area contributed by atoms with E-state index in [0.717, 1.165) is 5.56 Å². The summed E-state index contributed by atoms with van der Waals surface area (Å²) >= 11 is 0. The first-order valence-electron chi connectivity index (χ1n) is 7.34. The number of carboxylic acids is 1. The van der Waals surface area contributed by atoms with Gasteiger partial charge in [0.2, 0.25) is 0 Å². The number of hydrogen-bond acceptors (Lipinski definition) is 6. The first-order valence-corrected chi connectivity index (χ1v) is 7.34. The molecule has 3 N–H and O–H groups in total. The molecule has 1 unspecified atom stereocenters. The van der Waals surface area contributed by atoms with Gasteiger partial charge >= 0.3 is 5.97 Å². The van der Waals surface area contributed by atoms with Gasteiger partial charge in [0, 0.05) is 25.0 Å². The van der Waals surface area contributed by atoms with Crippen LogP contribution in [0.5, 0.6) is 0 Å². The van der Waals surface area contributed by atoms with Crippen molar-refractivity contribution in [2.45, 2.75) is 12.7 Å². The van der Waals surface area contributed by atoms with Crippen molar-refractivity contribution < 1.29 is 14.7 Å². The van der Waals surface area contributed by atoms with E-state index in [1.165, 1.54) is 16.2 Å². The van der Waals surface area contributed by atoms with E-state index in [9.17, 15) is 14.7 Å². The minimum Gasteiger partial charge on any atom is -0.478 e. The smallest absolute Gasteiger partial charge is 0.339 e. The number of allylic oxidation sites excluding steroid dienone is 2. The molecule has 7 nitrogen and oxygen atoms in total. The van der Waals surface area contributed by atoms with Crippen LogP contribution in [0, 0.1) is 0 Å². The van der Waals surface area contributed by atoms with Crippen LogP contribution in [0.1, 0.15) is 5.56 Å². The Balaban J connectivity index is 1.96. The first kappa shape index (κ1) is 15.7. The summed E-state index contributed by atoms with van der Waals surface area (Å²) in [5.41, 5.74) is 6.47. The van der Waals surface area contributed by atoms with Crippen LogP contribution in [0.4, 0.5) is 0 Å². The van der Waals surface area contributed by atoms with Crippen molar-refractivity contribution in [1.82, 2.24) is 10.0 Å². The molecule has 2 heterocycles. The number of carbonyl (C=O) groups is 2. The highest BCUT2D eigenvalue weighted by Crippen LogP contribution is 2.18. The molecule has 0 amide bonds. The third-order valence-corrected chi connectivity index (χ3v) is 3.61. The third-order valence-electron chi connectivity index (χ3n) is 3.61. The lowest BCUT2D eigenvalue weighted by molar-refractivity contribution is -0.132. The maximum Gasteiger partial charge on any atom is 0.339 e. The summed E-state index contributed by atoms with van der Waals surface area (Å²) in [7, 11) is 0. The van der Waals surface area contributed by atoms with E-state index < -0.39 is 12.3 Å². The van der Waals surface area contributed by atoms with E-state index in [1.807, 2.05) is 18.2 Å². The molecule has 1 aromatic rings. The number of nitrogens with two attached hydrogens (primary N) is 1. The van der Waals surface area contributed by atoms with Crippen LogP contribution in [-0.4, -0.2) is 38.9 Å². The first-order chi connectivity index (χ1) is 11.6. The zero-order chi connectivity index (χ0) is 17.1. The molecule has 0 bridgehead atoms. The molecule has 0 spiro atoms. The van der Waals surface area contributed by atoms with Crippen LogP contribution < -0.4 is 5.73 Å². The van der Waals surface area contributed by atoms with Crippen LogP contribution in [0.15, 0.2) is 71.6 Å². The number of carbonyl (C=O) groups excluding carboxylic acids is 1. The van der Waals surface area contributed by atoms with E-state index in [-0.39, 0.29) is 23.5 Å². The van der Waals surface area contributed by atoms with Gasteiger partial charge in [0.25, 0.3) is 0 Å². The van der Waals surface area contributed by atoms with Gasteiger partial charge in [-0.2, -0.15) is 0 Å². The molecule has 0 saturated heterocycles. The fourth-order valence-corrected chi connectivity index (χ4v) is 2.46. The van der Waals surface area contributed by atoms with Crippen LogP contribution in [-0.2, 0) is 16.0 Å². The fourth-order valence-electron chi connectivity index (χ4n) is 2.46. The van der Waals surface area contributed by atoms with Crippen LogP contribution in [0.2, 0.25) is 0 Å². The van der Waals surface area contributed by atoms with E-state index in [1.54, 1.807) is 36.7 Å². The molecule has 0 radical (unpaired) electrons. The molecule has 2 aliphatic rings. The maximum atomic E-state index is 12.6. The second kappa shape index (κ2) is 6.51. The lowest BCUT2D eigenvalue weighted by atomic mass is 10.0. The average Bonchev–Trinajstić information content (AvgIpc) is 2.73. The number of Topliss-reactive ketones (excluding diaryl/α,β-unsaturated/α-hetero) is 1. The SMILES string of the molecule is NC1N=C(C(=O)Cc2ccccc2)C(C(=O)O)=CN2C=CC=CN12. The Bertz CT molecular complexity index is 780. The van der Waals surface area contributed by atoms with Crippen molar-refractivity contribution in [3.8, 4) is 0 Å². The second-order valence-electron chi connectivity index (χ2n) is 5.27. The van der Waals surface area contributed by atoms with Gasteiger partial charge in [-0.1, -0.05) is 30.3 Å². The molecule has 1 aromatic carbocycles. The highest BCUT2D eigenvalue weighted by molar-refractivity contribution is 6.51. The Morgan fingerprint density at radius 1 is 1.17 bits per heavy atom. The molecule has 0 aliphatic carbocycles. The highest BCUT2D eigenvalue weighted by Gasteiger charge is 2.29. The quantitative estimate of drug-likeness (QED) is 0.858. The Morgan fingerprint density at radius 3 is 2.58 bits per heavy atom. The van der Waals surface area contributed by atoms with Gasteiger partial charge in [-0.3, -0.25) is 20.5 Å². The van der Waals surface area contributed by atoms with Crippen LogP contribution in [0.25, 0.3) is 0 Å². The summed E-state index contributed by atoms with van der Waals surface area (Å²) in [5, 5.41) is 12.5. The van der Waals surface area contributed by atoms with Crippen molar-refractivity contribution in [2.24, 2.45) is 10.7 Å². The fraction of sp³-hybridized carbons (Fsp3) is 0.118. The molecule has 2 aliphatic heterocycles. The van der Waals surface area contributed by atoms with Crippen molar-refractivity contribution in [1.29, 1.82) is 0 Å². The number of nitrogens with zero attached hydrogens (tertiary/aromatic N) is 3. The summed E-state index contributed by atoms with van der Waals surface area (Å²) in [6.07, 6.45) is 7.29. The topological polar surface area (TPSA) is 99.2 Å². The molecular weight excluding hydrogens is 308 g/mol. The van der Waals surface area contributed by atoms with Crippen molar-refractivity contribution >= 4 is 17.5 Å². The van der Waals surface area contributed by atoms with E-state index in [2.05, 4.69) is 4.99 Å². The minimum absolute atomic E-state index is 0.0582. The summed E-state index contributed by atoms with van der Waals surface area (Å²) in [6, 6.07) is 9.09. The monoisotopic (exact) mass is 324 g/mol. The van der Waals surface area contributed by atoms with Crippen molar-refractivity contribution in [3.63, 3.8) is 0 Å². The molecule has 0 aromatic heterocycles. The van der Waals surface area contributed by atoms with Gasteiger partial charge in [-0.05, 0) is 17.7 Å². The maximum absolute atomic E-state index is 12.6. The molecule has 1 atom stereocenters. The number of benzene rings is 1. The largest absolute Gasteiger partial charge is 0.478 e. The molecule has 7 heteroatoms. The Labute approximate surface area is 138 Å². The highest BCUT2D eigenvalue weighted by atomic mass is 16.4. The Morgan fingerprint density at radius 2 is 1.88 bits per heavy atom. The third kappa shape index (κ3) is 3.11. The summed E-state index contributed by atoms with van der Waals surface area (Å²) in [5.74, 6) is -1.62. The molecule has 0 fully saturated rings. The van der Waals surface area contributed by atoms with Crippen LogP contribution in [0.3, 0.4) is 0 Å². The zero-order valence-electron chi connectivity index (χ0n) is 12.7. The predicted octanol–water partition coefficient (Wildman–Crippen LogP) is 1.02. The Kier molecular flexibility index (Phi) is 4.26. The lowest BCUT2D eigenvalue weighted by Gasteiger charge is -2.33. The van der Waals surface area contributed by atoms with E-state index in [0.29, 0.717) is 0 Å². The summed E-state index contributed by atoms with van der Waals surface area (Å²) in [4.78, 5) is 28.4. The number of hydrazine groups is 1. The number of hydrogen-bond donors (Lipinski definition) is 2. The molecule has 24 heavy (non-hydrogen) atoms. The number of carboxylic acid groups (broad SMARTS) is 1. The lowest BCUT2D eigenvalue weighted by Crippen LogP contribution is -2.44. The van der Waals surface area contributed by atoms with E-state index >= 15 is 0 Å². The van der Waals surface area contributed by atoms with Crippen molar-refractivity contribution in [3.05, 3.63) is 72.2 Å². The number of aliphatic carboxylic acids is 1. The standard InChI is InChI=1S/C17H16N4O3/c18-17-19-15(14(22)10-12-6-2-1-3-7-12)13(16(23)24)11-20-8-4-5-9-21(17)20/h1-9,11,17H,10,18H2,(H,23,24). The van der Waals surface area contributed by atoms with Gasteiger partial charge in [0.05, 0.1) is 0 Å². The van der Waals surface area contributed by atoms with Gasteiger partial charge in [-0.15, -0.1) is 0 Å². The van der Waals surface area contributed by atoms with Gasteiger partial charge < -0.3 is 5.11 Å². The predicted molar refractivity (Wildman–Crippen MR) is 88.2 cm³/mol. The molecule has 122 valence electrons. The van der Waals surface area contributed by atoms with Gasteiger partial charge in [0.15, 0.2) is 12.1 Å². The minimum atomic E-state index is -1.23. The van der Waals surface area contributed by atoms with E-state index in [4.69, 9.17) is 5.73 Å². The average molecular weight is 324 g/mol. The number of fused-ring (bicyclic) bond motifs is 1. The van der Waals surface area contributed by atoms with Gasteiger partial charge in [0.1, 0.15) is 11.3 Å². The normalized spacial score (nSPS) is 19.3. The number of aliphatic imine (C=N–C) groups is 1. The van der Waals surface area contributed by atoms with Gasteiger partial charge in [-0.25, -0.2) is 9.79 Å².